The third-order valence-electron chi connectivity index (χ3n) is 4.71. The van der Waals surface area contributed by atoms with Crippen molar-refractivity contribution in [3.8, 4) is 0 Å². The molecule has 2 aromatic rings. The highest BCUT2D eigenvalue weighted by atomic mass is 16.5. The van der Waals surface area contributed by atoms with Crippen molar-refractivity contribution in [1.29, 1.82) is 0 Å². The Morgan fingerprint density at radius 3 is 2.87 bits per heavy atom. The molecule has 1 unspecified atom stereocenters. The summed E-state index contributed by atoms with van der Waals surface area (Å²) in [4.78, 5) is 14.9. The standard InChI is InChI=1S/C18H21N3O2/c1-12-11-17(20-23-12)19-18(22)21(14-9-10-14)16-8-4-6-13-5-2-3-7-15(13)16/h2-3,5,7,11,14,16H,4,6,8-10H2,1H3,(H,19,20,22). The molecule has 1 N–H and O–H groups in total. The lowest BCUT2D eigenvalue weighted by atomic mass is 9.87. The first-order chi connectivity index (χ1) is 11.2. The first kappa shape index (κ1) is 14.3. The van der Waals surface area contributed by atoms with E-state index in [2.05, 4.69) is 34.7 Å². The molecule has 1 saturated carbocycles. The normalized spacial score (nSPS) is 20.0. The van der Waals surface area contributed by atoms with Gasteiger partial charge in [-0.3, -0.25) is 5.32 Å². The molecule has 0 radical (unpaired) electrons. The number of nitrogens with one attached hydrogen (secondary N) is 1. The minimum Gasteiger partial charge on any atom is -0.360 e. The molecule has 120 valence electrons. The second kappa shape index (κ2) is 5.72. The average molecular weight is 311 g/mol. The molecule has 0 spiro atoms. The number of anilines is 1. The molecule has 2 aliphatic carbocycles. The van der Waals surface area contributed by atoms with E-state index in [1.165, 1.54) is 11.1 Å². The highest BCUT2D eigenvalue weighted by Crippen LogP contribution is 2.41. The number of rotatable bonds is 3. The van der Waals surface area contributed by atoms with Crippen LogP contribution in [0.1, 0.15) is 48.6 Å². The Morgan fingerprint density at radius 1 is 1.30 bits per heavy atom. The number of urea groups is 1. The van der Waals surface area contributed by atoms with Gasteiger partial charge in [-0.1, -0.05) is 29.4 Å². The summed E-state index contributed by atoms with van der Waals surface area (Å²) in [7, 11) is 0. The highest BCUT2D eigenvalue weighted by Gasteiger charge is 2.39. The Hall–Kier alpha value is -2.30. The van der Waals surface area contributed by atoms with E-state index in [0.29, 0.717) is 17.6 Å². The van der Waals surface area contributed by atoms with Crippen molar-refractivity contribution in [2.24, 2.45) is 0 Å². The number of aryl methyl sites for hydroxylation is 2. The molecule has 1 fully saturated rings. The molecule has 0 bridgehead atoms. The second-order valence-corrected chi connectivity index (χ2v) is 6.50. The molecular weight excluding hydrogens is 290 g/mol. The van der Waals surface area contributed by atoms with Crippen molar-refractivity contribution in [1.82, 2.24) is 10.1 Å². The first-order valence-corrected chi connectivity index (χ1v) is 8.33. The van der Waals surface area contributed by atoms with Gasteiger partial charge in [-0.25, -0.2) is 4.79 Å². The topological polar surface area (TPSA) is 58.4 Å². The molecule has 0 aliphatic heterocycles. The zero-order valence-electron chi connectivity index (χ0n) is 13.3. The van der Waals surface area contributed by atoms with Crippen molar-refractivity contribution < 1.29 is 9.32 Å². The van der Waals surface area contributed by atoms with Crippen molar-refractivity contribution in [3.63, 3.8) is 0 Å². The Bertz CT molecular complexity index is 721. The van der Waals surface area contributed by atoms with E-state index in [1.54, 1.807) is 6.07 Å². The van der Waals surface area contributed by atoms with Gasteiger partial charge in [0.15, 0.2) is 5.82 Å². The molecule has 0 saturated heterocycles. The summed E-state index contributed by atoms with van der Waals surface area (Å²) in [5, 5.41) is 6.77. The van der Waals surface area contributed by atoms with Crippen LogP contribution in [0.3, 0.4) is 0 Å². The summed E-state index contributed by atoms with van der Waals surface area (Å²) >= 11 is 0. The smallest absolute Gasteiger partial charge is 0.323 e. The third-order valence-corrected chi connectivity index (χ3v) is 4.71. The van der Waals surface area contributed by atoms with E-state index in [4.69, 9.17) is 4.52 Å². The fourth-order valence-electron chi connectivity index (χ4n) is 3.53. The monoisotopic (exact) mass is 311 g/mol. The summed E-state index contributed by atoms with van der Waals surface area (Å²) in [6.45, 7) is 1.82. The van der Waals surface area contributed by atoms with Gasteiger partial charge in [-0.15, -0.1) is 0 Å². The number of hydrogen-bond donors (Lipinski definition) is 1. The van der Waals surface area contributed by atoms with Crippen LogP contribution in [0.15, 0.2) is 34.9 Å². The van der Waals surface area contributed by atoms with E-state index >= 15 is 0 Å². The molecule has 1 aromatic carbocycles. The van der Waals surface area contributed by atoms with Crippen molar-refractivity contribution >= 4 is 11.8 Å². The molecule has 23 heavy (non-hydrogen) atoms. The summed E-state index contributed by atoms with van der Waals surface area (Å²) < 4.78 is 5.04. The molecule has 1 aromatic heterocycles. The van der Waals surface area contributed by atoms with Crippen LogP contribution in [0.5, 0.6) is 0 Å². The van der Waals surface area contributed by atoms with Crippen LogP contribution in [-0.2, 0) is 6.42 Å². The van der Waals surface area contributed by atoms with Gasteiger partial charge in [0.1, 0.15) is 5.76 Å². The highest BCUT2D eigenvalue weighted by molar-refractivity contribution is 5.89. The van der Waals surface area contributed by atoms with Gasteiger partial charge in [0.05, 0.1) is 6.04 Å². The number of benzene rings is 1. The zero-order chi connectivity index (χ0) is 15.8. The number of fused-ring (bicyclic) bond motifs is 1. The van der Waals surface area contributed by atoms with Crippen LogP contribution in [0, 0.1) is 6.92 Å². The number of nitrogens with zero attached hydrogens (tertiary/aromatic N) is 2. The number of carbonyl (C=O) groups excluding carboxylic acids is 1. The number of carbonyl (C=O) groups is 1. The Kier molecular flexibility index (Phi) is 3.56. The van der Waals surface area contributed by atoms with Crippen molar-refractivity contribution in [3.05, 3.63) is 47.2 Å². The maximum absolute atomic E-state index is 12.8. The van der Waals surface area contributed by atoms with Gasteiger partial charge >= 0.3 is 6.03 Å². The van der Waals surface area contributed by atoms with E-state index in [1.807, 2.05) is 11.8 Å². The van der Waals surface area contributed by atoms with E-state index < -0.39 is 0 Å². The van der Waals surface area contributed by atoms with Crippen LogP contribution in [0.25, 0.3) is 0 Å². The van der Waals surface area contributed by atoms with Gasteiger partial charge in [0.2, 0.25) is 0 Å². The lowest BCUT2D eigenvalue weighted by molar-refractivity contribution is 0.174. The minimum atomic E-state index is -0.0671. The number of aromatic nitrogens is 1. The lowest BCUT2D eigenvalue weighted by Gasteiger charge is -2.36. The summed E-state index contributed by atoms with van der Waals surface area (Å²) in [6, 6.07) is 10.7. The fourth-order valence-corrected chi connectivity index (χ4v) is 3.53. The van der Waals surface area contributed by atoms with Gasteiger partial charge < -0.3 is 9.42 Å². The van der Waals surface area contributed by atoms with Crippen LogP contribution in [0.4, 0.5) is 10.6 Å². The van der Waals surface area contributed by atoms with E-state index in [-0.39, 0.29) is 12.1 Å². The molecule has 1 atom stereocenters. The molecule has 2 aliphatic rings. The zero-order valence-corrected chi connectivity index (χ0v) is 13.3. The van der Waals surface area contributed by atoms with Gasteiger partial charge in [0, 0.05) is 12.1 Å². The van der Waals surface area contributed by atoms with Gasteiger partial charge in [-0.05, 0) is 50.2 Å². The SMILES string of the molecule is Cc1cc(NC(=O)N(C2CC2)C2CCCc3ccccc32)no1. The number of hydrogen-bond acceptors (Lipinski definition) is 3. The van der Waals surface area contributed by atoms with Gasteiger partial charge in [0.25, 0.3) is 0 Å². The maximum atomic E-state index is 12.8. The van der Waals surface area contributed by atoms with E-state index in [0.717, 1.165) is 32.1 Å². The van der Waals surface area contributed by atoms with Crippen LogP contribution < -0.4 is 5.32 Å². The Morgan fingerprint density at radius 2 is 2.13 bits per heavy atom. The van der Waals surface area contributed by atoms with Crippen LogP contribution in [-0.4, -0.2) is 22.1 Å². The number of amides is 2. The quantitative estimate of drug-likeness (QED) is 0.930. The van der Waals surface area contributed by atoms with E-state index in [9.17, 15) is 4.79 Å². The molecule has 2 amide bonds. The largest absolute Gasteiger partial charge is 0.360 e. The van der Waals surface area contributed by atoms with Crippen molar-refractivity contribution in [2.75, 3.05) is 5.32 Å². The summed E-state index contributed by atoms with van der Waals surface area (Å²) in [5.41, 5.74) is 2.68. The summed E-state index contributed by atoms with van der Waals surface area (Å²) in [6.07, 6.45) is 5.43. The molecular formula is C18H21N3O2. The van der Waals surface area contributed by atoms with Gasteiger partial charge in [-0.2, -0.15) is 0 Å². The lowest BCUT2D eigenvalue weighted by Crippen LogP contribution is -2.41. The molecule has 1 heterocycles. The maximum Gasteiger partial charge on any atom is 0.323 e. The van der Waals surface area contributed by atoms with Crippen LogP contribution in [0.2, 0.25) is 0 Å². The molecule has 4 rings (SSSR count). The molecule has 5 heteroatoms. The Balaban J connectivity index is 1.60. The fraction of sp³-hybridized carbons (Fsp3) is 0.444. The van der Waals surface area contributed by atoms with Crippen LogP contribution >= 0.6 is 0 Å². The average Bonchev–Trinajstić information content (AvgIpc) is 3.30. The Labute approximate surface area is 135 Å². The summed E-state index contributed by atoms with van der Waals surface area (Å²) in [5.74, 6) is 1.18. The van der Waals surface area contributed by atoms with Crippen molar-refractivity contribution in [2.45, 2.75) is 51.1 Å². The second-order valence-electron chi connectivity index (χ2n) is 6.50. The molecule has 5 nitrogen and oxygen atoms in total. The first-order valence-electron chi connectivity index (χ1n) is 8.33. The minimum absolute atomic E-state index is 0.0671. The predicted octanol–water partition coefficient (Wildman–Crippen LogP) is 4.06. The predicted molar refractivity (Wildman–Crippen MR) is 87.2 cm³/mol. The third kappa shape index (κ3) is 2.83.